The van der Waals surface area contributed by atoms with Crippen LogP contribution in [0.5, 0.6) is 5.75 Å². The first-order chi connectivity index (χ1) is 10.4. The molecule has 1 aromatic rings. The quantitative estimate of drug-likeness (QED) is 0.810. The predicted molar refractivity (Wildman–Crippen MR) is 83.4 cm³/mol. The maximum Gasteiger partial charge on any atom is 0.248 e. The van der Waals surface area contributed by atoms with Crippen LogP contribution in [-0.4, -0.2) is 43.0 Å². The van der Waals surface area contributed by atoms with Crippen LogP contribution in [0.3, 0.4) is 0 Å². The zero-order valence-electron chi connectivity index (χ0n) is 12.9. The highest BCUT2D eigenvalue weighted by molar-refractivity contribution is 5.93. The van der Waals surface area contributed by atoms with Crippen LogP contribution in [0.4, 0.5) is 0 Å². The van der Waals surface area contributed by atoms with Gasteiger partial charge in [-0.15, -0.1) is 0 Å². The second-order valence-electron chi connectivity index (χ2n) is 6.07. The molecule has 1 aliphatic heterocycles. The minimum absolute atomic E-state index is 0.0341. The second-order valence-corrected chi connectivity index (χ2v) is 6.07. The largest absolute Gasteiger partial charge is 0.493 e. The predicted octanol–water partition coefficient (Wildman–Crippen LogP) is 0.752. The highest BCUT2D eigenvalue weighted by Gasteiger charge is 2.34. The van der Waals surface area contributed by atoms with Crippen LogP contribution in [0.2, 0.25) is 0 Å². The molecule has 1 aliphatic rings. The molecule has 0 aliphatic carbocycles. The number of benzene rings is 1. The normalized spacial score (nSPS) is 20.9. The zero-order chi connectivity index (χ0) is 16.2. The Hall–Kier alpha value is -2.08. The smallest absolute Gasteiger partial charge is 0.248 e. The summed E-state index contributed by atoms with van der Waals surface area (Å²) in [6.07, 6.45) is 1.25. The molecule has 6 nitrogen and oxygen atoms in total. The highest BCUT2D eigenvalue weighted by atomic mass is 16.5. The van der Waals surface area contributed by atoms with Crippen molar-refractivity contribution in [2.45, 2.75) is 19.8 Å². The summed E-state index contributed by atoms with van der Waals surface area (Å²) in [6, 6.07) is 6.63. The number of likely N-dealkylation sites (tertiary alicyclic amines) is 1. The Bertz CT molecular complexity index is 561. The topological polar surface area (TPSA) is 98.7 Å². The van der Waals surface area contributed by atoms with E-state index >= 15 is 0 Å². The lowest BCUT2D eigenvalue weighted by Gasteiger charge is -2.22. The number of amides is 2. The van der Waals surface area contributed by atoms with Crippen molar-refractivity contribution in [2.75, 3.05) is 26.2 Å². The molecule has 1 saturated heterocycles. The standard InChI is InChI=1S/C16H23N3O3/c1-16(10-17)6-7-19(11-16)14(20)5-8-22-13-4-2-3-12(9-13)15(18)21/h2-4,9H,5-8,10-11,17H2,1H3,(H2,18,21). The van der Waals surface area contributed by atoms with Crippen LogP contribution >= 0.6 is 0 Å². The Morgan fingerprint density at radius 2 is 2.18 bits per heavy atom. The summed E-state index contributed by atoms with van der Waals surface area (Å²) in [7, 11) is 0. The summed E-state index contributed by atoms with van der Waals surface area (Å²) in [4.78, 5) is 25.1. The highest BCUT2D eigenvalue weighted by Crippen LogP contribution is 2.28. The molecule has 1 heterocycles. The van der Waals surface area contributed by atoms with Crippen molar-refractivity contribution in [3.05, 3.63) is 29.8 Å². The van der Waals surface area contributed by atoms with Gasteiger partial charge in [0.05, 0.1) is 13.0 Å². The van der Waals surface area contributed by atoms with E-state index in [4.69, 9.17) is 16.2 Å². The summed E-state index contributed by atoms with van der Waals surface area (Å²) < 4.78 is 5.53. The summed E-state index contributed by atoms with van der Waals surface area (Å²) in [6.45, 7) is 4.43. The number of rotatable bonds is 6. The fourth-order valence-electron chi connectivity index (χ4n) is 2.56. The van der Waals surface area contributed by atoms with Gasteiger partial charge in [-0.1, -0.05) is 13.0 Å². The van der Waals surface area contributed by atoms with Gasteiger partial charge in [0.15, 0.2) is 0 Å². The molecule has 1 unspecified atom stereocenters. The first kappa shape index (κ1) is 16.3. The van der Waals surface area contributed by atoms with Crippen molar-refractivity contribution >= 4 is 11.8 Å². The van der Waals surface area contributed by atoms with Gasteiger partial charge in [0.2, 0.25) is 11.8 Å². The minimum atomic E-state index is -0.500. The monoisotopic (exact) mass is 305 g/mol. The molecule has 120 valence electrons. The Morgan fingerprint density at radius 3 is 2.82 bits per heavy atom. The van der Waals surface area contributed by atoms with Gasteiger partial charge in [-0.2, -0.15) is 0 Å². The maximum atomic E-state index is 12.1. The molecule has 0 bridgehead atoms. The molecule has 1 fully saturated rings. The van der Waals surface area contributed by atoms with Crippen molar-refractivity contribution in [1.29, 1.82) is 0 Å². The van der Waals surface area contributed by atoms with E-state index in [-0.39, 0.29) is 17.9 Å². The van der Waals surface area contributed by atoms with Gasteiger partial charge in [-0.3, -0.25) is 9.59 Å². The van der Waals surface area contributed by atoms with E-state index in [0.717, 1.165) is 13.0 Å². The molecule has 6 heteroatoms. The van der Waals surface area contributed by atoms with Gasteiger partial charge >= 0.3 is 0 Å². The first-order valence-corrected chi connectivity index (χ1v) is 7.44. The van der Waals surface area contributed by atoms with Crippen LogP contribution in [0.25, 0.3) is 0 Å². The average Bonchev–Trinajstić information content (AvgIpc) is 2.91. The number of hydrogen-bond donors (Lipinski definition) is 2. The van der Waals surface area contributed by atoms with E-state index in [1.165, 1.54) is 0 Å². The molecular weight excluding hydrogens is 282 g/mol. The van der Waals surface area contributed by atoms with Gasteiger partial charge in [0.25, 0.3) is 0 Å². The summed E-state index contributed by atoms with van der Waals surface area (Å²) in [5.74, 6) is 0.111. The van der Waals surface area contributed by atoms with Crippen molar-refractivity contribution in [2.24, 2.45) is 16.9 Å². The molecule has 2 amide bonds. The summed E-state index contributed by atoms with van der Waals surface area (Å²) in [5, 5.41) is 0. The van der Waals surface area contributed by atoms with Crippen LogP contribution in [0.15, 0.2) is 24.3 Å². The first-order valence-electron chi connectivity index (χ1n) is 7.44. The van der Waals surface area contributed by atoms with Crippen molar-refractivity contribution in [1.82, 2.24) is 4.90 Å². The van der Waals surface area contributed by atoms with Crippen LogP contribution in [0.1, 0.15) is 30.1 Å². The molecule has 0 radical (unpaired) electrons. The number of primary amides is 1. The molecule has 0 spiro atoms. The lowest BCUT2D eigenvalue weighted by Crippen LogP contribution is -2.35. The minimum Gasteiger partial charge on any atom is -0.493 e. The molecule has 1 aromatic carbocycles. The Labute approximate surface area is 130 Å². The number of carbonyl (C=O) groups is 2. The SMILES string of the molecule is CC1(CN)CCN(C(=O)CCOc2cccc(C(N)=O)c2)C1. The van der Waals surface area contributed by atoms with Crippen molar-refractivity contribution < 1.29 is 14.3 Å². The van der Waals surface area contributed by atoms with Crippen molar-refractivity contribution in [3.8, 4) is 5.75 Å². The van der Waals surface area contributed by atoms with Crippen LogP contribution < -0.4 is 16.2 Å². The fourth-order valence-corrected chi connectivity index (χ4v) is 2.56. The molecule has 1 atom stereocenters. The fraction of sp³-hybridized carbons (Fsp3) is 0.500. The molecule has 4 N–H and O–H groups in total. The van der Waals surface area contributed by atoms with E-state index in [1.807, 2.05) is 4.90 Å². The summed E-state index contributed by atoms with van der Waals surface area (Å²) in [5.41, 5.74) is 11.4. The third kappa shape index (κ3) is 3.98. The van der Waals surface area contributed by atoms with E-state index < -0.39 is 5.91 Å². The number of hydrogen-bond acceptors (Lipinski definition) is 4. The molecule has 22 heavy (non-hydrogen) atoms. The number of carbonyl (C=O) groups excluding carboxylic acids is 2. The van der Waals surface area contributed by atoms with Gasteiger partial charge < -0.3 is 21.1 Å². The molecule has 2 rings (SSSR count). The van der Waals surface area contributed by atoms with E-state index in [9.17, 15) is 9.59 Å². The lowest BCUT2D eigenvalue weighted by atomic mass is 9.90. The second kappa shape index (κ2) is 6.79. The molecule has 0 saturated carbocycles. The van der Waals surface area contributed by atoms with Crippen LogP contribution in [0, 0.1) is 5.41 Å². The van der Waals surface area contributed by atoms with Gasteiger partial charge in [-0.25, -0.2) is 0 Å². The third-order valence-electron chi connectivity index (χ3n) is 4.11. The average molecular weight is 305 g/mol. The third-order valence-corrected chi connectivity index (χ3v) is 4.11. The number of ether oxygens (including phenoxy) is 1. The lowest BCUT2D eigenvalue weighted by molar-refractivity contribution is -0.131. The van der Waals surface area contributed by atoms with E-state index in [2.05, 4.69) is 6.92 Å². The Balaban J connectivity index is 1.80. The Kier molecular flexibility index (Phi) is 5.03. The molecule has 0 aromatic heterocycles. The number of nitrogens with zero attached hydrogens (tertiary/aromatic N) is 1. The summed E-state index contributed by atoms with van der Waals surface area (Å²) >= 11 is 0. The van der Waals surface area contributed by atoms with Gasteiger partial charge in [-0.05, 0) is 36.6 Å². The van der Waals surface area contributed by atoms with E-state index in [1.54, 1.807) is 24.3 Å². The van der Waals surface area contributed by atoms with Gasteiger partial charge in [0, 0.05) is 18.7 Å². The zero-order valence-corrected chi connectivity index (χ0v) is 12.9. The Morgan fingerprint density at radius 1 is 1.41 bits per heavy atom. The van der Waals surface area contributed by atoms with Crippen molar-refractivity contribution in [3.63, 3.8) is 0 Å². The molecular formula is C16H23N3O3. The van der Waals surface area contributed by atoms with Crippen LogP contribution in [-0.2, 0) is 4.79 Å². The maximum absolute atomic E-state index is 12.1. The number of nitrogens with two attached hydrogens (primary N) is 2. The van der Waals surface area contributed by atoms with Gasteiger partial charge in [0.1, 0.15) is 5.75 Å². The van der Waals surface area contributed by atoms with E-state index in [0.29, 0.717) is 30.8 Å².